The summed E-state index contributed by atoms with van der Waals surface area (Å²) in [6.45, 7) is 3.97. The number of amides is 1. The van der Waals surface area contributed by atoms with E-state index in [4.69, 9.17) is 5.73 Å². The van der Waals surface area contributed by atoms with E-state index >= 15 is 0 Å². The Morgan fingerprint density at radius 1 is 1.17 bits per heavy atom. The van der Waals surface area contributed by atoms with Crippen molar-refractivity contribution in [2.24, 2.45) is 0 Å². The summed E-state index contributed by atoms with van der Waals surface area (Å²) in [5, 5.41) is 15.0. The highest BCUT2D eigenvalue weighted by atomic mass is 16.2. The number of hydrogen-bond donors (Lipinski definition) is 2. The molecule has 7 nitrogen and oxygen atoms in total. The van der Waals surface area contributed by atoms with Gasteiger partial charge in [-0.05, 0) is 60.5 Å². The maximum atomic E-state index is 12.2. The fraction of sp³-hybridized carbons (Fsp3) is 0.176. The van der Waals surface area contributed by atoms with Crippen molar-refractivity contribution in [2.45, 2.75) is 20.4 Å². The number of aryl methyl sites for hydroxylation is 1. The van der Waals surface area contributed by atoms with Crippen molar-refractivity contribution in [1.29, 1.82) is 0 Å². The molecule has 122 valence electrons. The second-order valence-corrected chi connectivity index (χ2v) is 5.56. The quantitative estimate of drug-likeness (QED) is 0.717. The van der Waals surface area contributed by atoms with Crippen LogP contribution in [0.5, 0.6) is 0 Å². The van der Waals surface area contributed by atoms with Crippen molar-refractivity contribution in [3.05, 3.63) is 53.6 Å². The number of nitrogens with two attached hydrogens (primary N) is 1. The van der Waals surface area contributed by atoms with E-state index in [1.165, 1.54) is 4.80 Å². The van der Waals surface area contributed by atoms with Crippen molar-refractivity contribution in [2.75, 3.05) is 11.1 Å². The second-order valence-electron chi connectivity index (χ2n) is 5.56. The van der Waals surface area contributed by atoms with Gasteiger partial charge in [-0.2, -0.15) is 4.80 Å². The first kappa shape index (κ1) is 15.7. The van der Waals surface area contributed by atoms with Gasteiger partial charge in [0.15, 0.2) is 0 Å². The summed E-state index contributed by atoms with van der Waals surface area (Å²) in [6, 6.07) is 12.9. The summed E-state index contributed by atoms with van der Waals surface area (Å²) in [5.41, 5.74) is 10.1. The van der Waals surface area contributed by atoms with Crippen molar-refractivity contribution >= 4 is 17.3 Å². The van der Waals surface area contributed by atoms with E-state index in [0.717, 1.165) is 22.4 Å². The Bertz CT molecular complexity index is 869. The average Bonchev–Trinajstić information content (AvgIpc) is 3.01. The van der Waals surface area contributed by atoms with Crippen LogP contribution in [0.25, 0.3) is 11.4 Å². The summed E-state index contributed by atoms with van der Waals surface area (Å²) in [7, 11) is 0. The van der Waals surface area contributed by atoms with Crippen LogP contribution in [0.3, 0.4) is 0 Å². The van der Waals surface area contributed by atoms with Crippen LogP contribution < -0.4 is 11.1 Å². The van der Waals surface area contributed by atoms with Gasteiger partial charge in [0.05, 0.1) is 0 Å². The predicted molar refractivity (Wildman–Crippen MR) is 92.2 cm³/mol. The number of nitrogen functional groups attached to an aromatic ring is 1. The number of tetrazole rings is 1. The summed E-state index contributed by atoms with van der Waals surface area (Å²) in [6.07, 6.45) is 0. The van der Waals surface area contributed by atoms with Crippen LogP contribution in [-0.4, -0.2) is 26.1 Å². The Morgan fingerprint density at radius 2 is 1.92 bits per heavy atom. The van der Waals surface area contributed by atoms with E-state index in [2.05, 4.69) is 20.7 Å². The van der Waals surface area contributed by atoms with E-state index in [-0.39, 0.29) is 12.5 Å². The number of anilines is 2. The zero-order valence-electron chi connectivity index (χ0n) is 13.5. The van der Waals surface area contributed by atoms with Gasteiger partial charge in [-0.1, -0.05) is 12.1 Å². The molecule has 0 aliphatic rings. The first-order chi connectivity index (χ1) is 11.5. The highest BCUT2D eigenvalue weighted by molar-refractivity contribution is 5.91. The van der Waals surface area contributed by atoms with Gasteiger partial charge < -0.3 is 11.1 Å². The average molecular weight is 322 g/mol. The fourth-order valence-corrected chi connectivity index (χ4v) is 2.26. The number of nitrogens with zero attached hydrogens (tertiary/aromatic N) is 4. The molecule has 0 aliphatic heterocycles. The zero-order chi connectivity index (χ0) is 17.1. The van der Waals surface area contributed by atoms with Crippen LogP contribution in [0.1, 0.15) is 11.1 Å². The molecule has 1 aromatic heterocycles. The van der Waals surface area contributed by atoms with Gasteiger partial charge in [0.1, 0.15) is 6.54 Å². The van der Waals surface area contributed by atoms with E-state index in [1.54, 1.807) is 12.1 Å². The minimum absolute atomic E-state index is 0.00461. The largest absolute Gasteiger partial charge is 0.399 e. The van der Waals surface area contributed by atoms with Gasteiger partial charge in [-0.25, -0.2) is 0 Å². The summed E-state index contributed by atoms with van der Waals surface area (Å²) < 4.78 is 0. The van der Waals surface area contributed by atoms with Gasteiger partial charge >= 0.3 is 0 Å². The molecule has 0 saturated heterocycles. The topological polar surface area (TPSA) is 98.7 Å². The lowest BCUT2D eigenvalue weighted by Crippen LogP contribution is -2.21. The molecule has 0 fully saturated rings. The summed E-state index contributed by atoms with van der Waals surface area (Å²) >= 11 is 0. The maximum Gasteiger partial charge on any atom is 0.248 e. The van der Waals surface area contributed by atoms with Crippen molar-refractivity contribution in [3.63, 3.8) is 0 Å². The normalized spacial score (nSPS) is 10.6. The van der Waals surface area contributed by atoms with Crippen LogP contribution in [0.4, 0.5) is 11.4 Å². The predicted octanol–water partition coefficient (Wildman–Crippen LogP) is 2.18. The lowest BCUT2D eigenvalue weighted by atomic mass is 10.1. The smallest absolute Gasteiger partial charge is 0.248 e. The van der Waals surface area contributed by atoms with E-state index in [9.17, 15) is 4.79 Å². The molecule has 0 radical (unpaired) electrons. The summed E-state index contributed by atoms with van der Waals surface area (Å²) in [5.74, 6) is 0.250. The molecule has 1 heterocycles. The minimum Gasteiger partial charge on any atom is -0.399 e. The molecular weight excluding hydrogens is 304 g/mol. The number of rotatable bonds is 4. The first-order valence-electron chi connectivity index (χ1n) is 7.53. The molecule has 0 bridgehead atoms. The number of carbonyl (C=O) groups is 1. The Kier molecular flexibility index (Phi) is 4.24. The zero-order valence-corrected chi connectivity index (χ0v) is 13.5. The number of benzene rings is 2. The van der Waals surface area contributed by atoms with Gasteiger partial charge in [-0.3, -0.25) is 4.79 Å². The standard InChI is InChI=1S/C17H18N6O/c1-11-4-3-5-15(12(11)2)19-16(24)10-23-21-17(20-22-23)13-6-8-14(18)9-7-13/h3-9H,10,18H2,1-2H3,(H,19,24). The third kappa shape index (κ3) is 3.40. The monoisotopic (exact) mass is 322 g/mol. The van der Waals surface area contributed by atoms with Gasteiger partial charge in [0.25, 0.3) is 0 Å². The first-order valence-corrected chi connectivity index (χ1v) is 7.53. The lowest BCUT2D eigenvalue weighted by molar-refractivity contribution is -0.117. The molecule has 3 rings (SSSR count). The lowest BCUT2D eigenvalue weighted by Gasteiger charge is -2.09. The third-order valence-electron chi connectivity index (χ3n) is 3.79. The van der Waals surface area contributed by atoms with Crippen LogP contribution in [0.2, 0.25) is 0 Å². The Labute approximate surface area is 139 Å². The Morgan fingerprint density at radius 3 is 2.67 bits per heavy atom. The fourth-order valence-electron chi connectivity index (χ4n) is 2.26. The van der Waals surface area contributed by atoms with Gasteiger partial charge in [0.2, 0.25) is 11.7 Å². The number of hydrogen-bond acceptors (Lipinski definition) is 5. The maximum absolute atomic E-state index is 12.2. The van der Waals surface area contributed by atoms with Gasteiger partial charge in [-0.15, -0.1) is 10.2 Å². The van der Waals surface area contributed by atoms with E-state index in [0.29, 0.717) is 11.5 Å². The molecule has 3 N–H and O–H groups in total. The highest BCUT2D eigenvalue weighted by Gasteiger charge is 2.11. The van der Waals surface area contributed by atoms with Crippen LogP contribution in [0.15, 0.2) is 42.5 Å². The molecular formula is C17H18N6O. The van der Waals surface area contributed by atoms with E-state index in [1.807, 2.05) is 44.2 Å². The molecule has 0 aliphatic carbocycles. The molecule has 0 unspecified atom stereocenters. The van der Waals surface area contributed by atoms with Crippen molar-refractivity contribution < 1.29 is 4.79 Å². The molecule has 2 aromatic carbocycles. The third-order valence-corrected chi connectivity index (χ3v) is 3.79. The Balaban J connectivity index is 1.69. The SMILES string of the molecule is Cc1cccc(NC(=O)Cn2nnc(-c3ccc(N)cc3)n2)c1C. The molecule has 0 atom stereocenters. The molecule has 0 spiro atoms. The number of nitrogens with one attached hydrogen (secondary N) is 1. The van der Waals surface area contributed by atoms with Crippen LogP contribution in [-0.2, 0) is 11.3 Å². The molecule has 7 heteroatoms. The number of carbonyl (C=O) groups excluding carboxylic acids is 1. The second kappa shape index (κ2) is 6.49. The minimum atomic E-state index is -0.204. The van der Waals surface area contributed by atoms with Crippen LogP contribution in [0, 0.1) is 13.8 Å². The Hall–Kier alpha value is -3.22. The molecule has 24 heavy (non-hydrogen) atoms. The molecule has 0 saturated carbocycles. The van der Waals surface area contributed by atoms with Gasteiger partial charge in [0, 0.05) is 16.9 Å². The number of aromatic nitrogens is 4. The molecule has 1 amide bonds. The van der Waals surface area contributed by atoms with E-state index < -0.39 is 0 Å². The van der Waals surface area contributed by atoms with Crippen molar-refractivity contribution in [1.82, 2.24) is 20.2 Å². The summed E-state index contributed by atoms with van der Waals surface area (Å²) in [4.78, 5) is 13.4. The van der Waals surface area contributed by atoms with Crippen molar-refractivity contribution in [3.8, 4) is 11.4 Å². The molecule has 3 aromatic rings. The van der Waals surface area contributed by atoms with Crippen LogP contribution >= 0.6 is 0 Å². The highest BCUT2D eigenvalue weighted by Crippen LogP contribution is 2.18.